The van der Waals surface area contributed by atoms with Gasteiger partial charge in [0.1, 0.15) is 12.3 Å². The Balaban J connectivity index is 1.81. The highest BCUT2D eigenvalue weighted by Gasteiger charge is 2.27. The average Bonchev–Trinajstić information content (AvgIpc) is 2.79. The number of carbonyl (C=O) groups excluding carboxylic acids is 1. The molecule has 3 aromatic rings. The number of amides is 1. The lowest BCUT2D eigenvalue weighted by atomic mass is 10.1. The molecule has 32 heavy (non-hydrogen) atoms. The molecule has 0 fully saturated rings. The summed E-state index contributed by atoms with van der Waals surface area (Å²) in [5, 5.41) is 2.89. The monoisotopic (exact) mass is 516 g/mol. The Hall–Kier alpha value is -2.84. The number of nitrogens with zero attached hydrogens (tertiary/aromatic N) is 1. The Morgan fingerprint density at radius 1 is 1.00 bits per heavy atom. The van der Waals surface area contributed by atoms with E-state index in [4.69, 9.17) is 4.74 Å². The van der Waals surface area contributed by atoms with E-state index >= 15 is 0 Å². The summed E-state index contributed by atoms with van der Waals surface area (Å²) in [5.41, 5.74) is 1.30. The van der Waals surface area contributed by atoms with Gasteiger partial charge in [0.25, 0.3) is 10.0 Å². The maximum atomic E-state index is 13.3. The molecule has 1 amide bonds. The lowest BCUT2D eigenvalue weighted by Gasteiger charge is -2.25. The number of carbonyl (C=O) groups is 1. The standard InChI is InChI=1S/C24H25BrN2O4S/c1-3-31-22-15-9-19(10-16-22)18(2)26-24(28)17-27(21-13-11-20(25)12-14-21)32(29,30)23-7-5-4-6-8-23/h4-16,18H,3,17H2,1-2H3,(H,26,28)/t18-/m1/s1. The van der Waals surface area contributed by atoms with E-state index in [9.17, 15) is 13.2 Å². The van der Waals surface area contributed by atoms with E-state index in [0.717, 1.165) is 20.1 Å². The van der Waals surface area contributed by atoms with Crippen molar-refractivity contribution in [1.29, 1.82) is 0 Å². The average molecular weight is 517 g/mol. The second kappa shape index (κ2) is 10.7. The van der Waals surface area contributed by atoms with Gasteiger partial charge >= 0.3 is 0 Å². The van der Waals surface area contributed by atoms with Crippen molar-refractivity contribution in [1.82, 2.24) is 5.32 Å². The van der Waals surface area contributed by atoms with Crippen molar-refractivity contribution in [2.75, 3.05) is 17.5 Å². The molecule has 0 heterocycles. The lowest BCUT2D eigenvalue weighted by molar-refractivity contribution is -0.120. The van der Waals surface area contributed by atoms with E-state index in [2.05, 4.69) is 21.2 Å². The topological polar surface area (TPSA) is 75.7 Å². The number of sulfonamides is 1. The summed E-state index contributed by atoms with van der Waals surface area (Å²) in [5.74, 6) is 0.346. The Labute approximate surface area is 197 Å². The van der Waals surface area contributed by atoms with Gasteiger partial charge in [0, 0.05) is 4.47 Å². The predicted octanol–water partition coefficient (Wildman–Crippen LogP) is 4.92. The fourth-order valence-electron chi connectivity index (χ4n) is 3.16. The van der Waals surface area contributed by atoms with Gasteiger partial charge in [-0.2, -0.15) is 0 Å². The molecule has 1 atom stereocenters. The fraction of sp³-hybridized carbons (Fsp3) is 0.208. The number of halogens is 1. The van der Waals surface area contributed by atoms with Gasteiger partial charge in [-0.05, 0) is 67.9 Å². The van der Waals surface area contributed by atoms with Crippen LogP contribution in [0.15, 0.2) is 88.2 Å². The third kappa shape index (κ3) is 5.89. The maximum absolute atomic E-state index is 13.3. The predicted molar refractivity (Wildman–Crippen MR) is 129 cm³/mol. The Bertz CT molecular complexity index is 1130. The molecule has 0 aliphatic heterocycles. The quantitative estimate of drug-likeness (QED) is 0.437. The zero-order valence-corrected chi connectivity index (χ0v) is 20.3. The van der Waals surface area contributed by atoms with Crippen LogP contribution in [0.4, 0.5) is 5.69 Å². The first-order chi connectivity index (χ1) is 15.3. The number of hydrogen-bond acceptors (Lipinski definition) is 4. The minimum Gasteiger partial charge on any atom is -0.494 e. The molecule has 0 aliphatic carbocycles. The van der Waals surface area contributed by atoms with Gasteiger partial charge in [-0.3, -0.25) is 9.10 Å². The van der Waals surface area contributed by atoms with Crippen LogP contribution in [0.5, 0.6) is 5.75 Å². The van der Waals surface area contributed by atoms with Gasteiger partial charge in [-0.1, -0.05) is 46.3 Å². The molecular weight excluding hydrogens is 492 g/mol. The maximum Gasteiger partial charge on any atom is 0.264 e. The van der Waals surface area contributed by atoms with Gasteiger partial charge < -0.3 is 10.1 Å². The summed E-state index contributed by atoms with van der Waals surface area (Å²) in [6.07, 6.45) is 0. The third-order valence-corrected chi connectivity index (χ3v) is 7.12. The molecule has 0 saturated carbocycles. The minimum absolute atomic E-state index is 0.121. The lowest BCUT2D eigenvalue weighted by Crippen LogP contribution is -2.41. The number of nitrogens with one attached hydrogen (secondary N) is 1. The minimum atomic E-state index is -3.93. The van der Waals surface area contributed by atoms with Crippen molar-refractivity contribution in [3.05, 3.63) is 88.9 Å². The number of rotatable bonds is 9. The molecule has 8 heteroatoms. The zero-order chi connectivity index (χ0) is 23.1. The van der Waals surface area contributed by atoms with E-state index in [1.807, 2.05) is 38.1 Å². The molecule has 0 aromatic heterocycles. The smallest absolute Gasteiger partial charge is 0.264 e. The second-order valence-electron chi connectivity index (χ2n) is 7.09. The summed E-state index contributed by atoms with van der Waals surface area (Å²) in [7, 11) is -3.93. The molecule has 3 aromatic carbocycles. The van der Waals surface area contributed by atoms with E-state index in [0.29, 0.717) is 12.3 Å². The van der Waals surface area contributed by atoms with Gasteiger partial charge in [0.2, 0.25) is 5.91 Å². The number of benzene rings is 3. The number of hydrogen-bond donors (Lipinski definition) is 1. The second-order valence-corrected chi connectivity index (χ2v) is 9.87. The number of ether oxygens (including phenoxy) is 1. The van der Waals surface area contributed by atoms with Crippen LogP contribution in [0.1, 0.15) is 25.5 Å². The highest BCUT2D eigenvalue weighted by molar-refractivity contribution is 9.10. The highest BCUT2D eigenvalue weighted by atomic mass is 79.9. The summed E-state index contributed by atoms with van der Waals surface area (Å²) in [6, 6.07) is 22.0. The fourth-order valence-corrected chi connectivity index (χ4v) is 4.87. The van der Waals surface area contributed by atoms with Crippen molar-refractivity contribution in [2.24, 2.45) is 0 Å². The van der Waals surface area contributed by atoms with Gasteiger partial charge in [0.05, 0.1) is 23.2 Å². The van der Waals surface area contributed by atoms with E-state index in [1.54, 1.807) is 42.5 Å². The van der Waals surface area contributed by atoms with Gasteiger partial charge in [-0.25, -0.2) is 8.42 Å². The Morgan fingerprint density at radius 2 is 1.62 bits per heavy atom. The van der Waals surface area contributed by atoms with Crippen LogP contribution >= 0.6 is 15.9 Å². The molecule has 6 nitrogen and oxygen atoms in total. The molecule has 0 bridgehead atoms. The van der Waals surface area contributed by atoms with Crippen LogP contribution in [0.3, 0.4) is 0 Å². The molecule has 0 spiro atoms. The third-order valence-electron chi connectivity index (χ3n) is 4.80. The van der Waals surface area contributed by atoms with E-state index in [-0.39, 0.29) is 17.5 Å². The zero-order valence-electron chi connectivity index (χ0n) is 17.9. The van der Waals surface area contributed by atoms with Gasteiger partial charge in [-0.15, -0.1) is 0 Å². The van der Waals surface area contributed by atoms with Crippen molar-refractivity contribution in [3.63, 3.8) is 0 Å². The van der Waals surface area contributed by atoms with Crippen molar-refractivity contribution < 1.29 is 17.9 Å². The first kappa shape index (κ1) is 23.8. The largest absolute Gasteiger partial charge is 0.494 e. The SMILES string of the molecule is CCOc1ccc([C@@H](C)NC(=O)CN(c2ccc(Br)cc2)S(=O)(=O)c2ccccc2)cc1. The number of anilines is 1. The van der Waals surface area contributed by atoms with Crippen LogP contribution in [-0.2, 0) is 14.8 Å². The Morgan fingerprint density at radius 3 is 2.22 bits per heavy atom. The van der Waals surface area contributed by atoms with E-state index < -0.39 is 15.9 Å². The molecule has 0 unspecified atom stereocenters. The van der Waals surface area contributed by atoms with Crippen LogP contribution in [0.2, 0.25) is 0 Å². The summed E-state index contributed by atoms with van der Waals surface area (Å²) < 4.78 is 34.0. The summed E-state index contributed by atoms with van der Waals surface area (Å²) in [4.78, 5) is 13.0. The molecule has 1 N–H and O–H groups in total. The van der Waals surface area contributed by atoms with Crippen molar-refractivity contribution >= 4 is 37.5 Å². The Kier molecular flexibility index (Phi) is 7.93. The molecule has 3 rings (SSSR count). The first-order valence-electron chi connectivity index (χ1n) is 10.2. The van der Waals surface area contributed by atoms with Crippen LogP contribution in [0.25, 0.3) is 0 Å². The van der Waals surface area contributed by atoms with E-state index in [1.165, 1.54) is 12.1 Å². The molecular formula is C24H25BrN2O4S. The van der Waals surface area contributed by atoms with Gasteiger partial charge in [0.15, 0.2) is 0 Å². The first-order valence-corrected chi connectivity index (χ1v) is 12.4. The van der Waals surface area contributed by atoms with Crippen molar-refractivity contribution in [2.45, 2.75) is 24.8 Å². The summed E-state index contributed by atoms with van der Waals surface area (Å²) in [6.45, 7) is 3.99. The normalized spacial score (nSPS) is 12.1. The molecule has 0 saturated heterocycles. The molecule has 0 radical (unpaired) electrons. The molecule has 0 aliphatic rings. The van der Waals surface area contributed by atoms with Crippen LogP contribution in [-0.4, -0.2) is 27.5 Å². The highest BCUT2D eigenvalue weighted by Crippen LogP contribution is 2.25. The van der Waals surface area contributed by atoms with Crippen LogP contribution in [0, 0.1) is 0 Å². The van der Waals surface area contributed by atoms with Crippen molar-refractivity contribution in [3.8, 4) is 5.75 Å². The van der Waals surface area contributed by atoms with Crippen LogP contribution < -0.4 is 14.4 Å². The summed E-state index contributed by atoms with van der Waals surface area (Å²) >= 11 is 3.36. The molecule has 168 valence electrons.